The Morgan fingerprint density at radius 1 is 0.792 bits per heavy atom. The molecule has 0 heterocycles. The van der Waals surface area contributed by atoms with E-state index in [0.29, 0.717) is 5.92 Å². The van der Waals surface area contributed by atoms with E-state index < -0.39 is 0 Å². The van der Waals surface area contributed by atoms with Gasteiger partial charge >= 0.3 is 0 Å². The van der Waals surface area contributed by atoms with Crippen molar-refractivity contribution in [3.05, 3.63) is 36.5 Å². The summed E-state index contributed by atoms with van der Waals surface area (Å²) >= 11 is 0. The fraction of sp³-hybridized carbons (Fsp3) is 0.696. The predicted molar refractivity (Wildman–Crippen MR) is 103 cm³/mol. The van der Waals surface area contributed by atoms with Crippen LogP contribution in [0.4, 0.5) is 0 Å². The maximum absolute atomic E-state index is 8.48. The van der Waals surface area contributed by atoms with Crippen LogP contribution in [0.2, 0.25) is 0 Å². The number of unbranched alkanes of at least 4 members (excludes halogenated alkanes) is 1. The Morgan fingerprint density at radius 3 is 1.88 bits per heavy atom. The van der Waals surface area contributed by atoms with Gasteiger partial charge < -0.3 is 0 Å². The first-order chi connectivity index (χ1) is 11.8. The molecule has 0 amide bonds. The molecule has 2 fully saturated rings. The van der Waals surface area contributed by atoms with Crippen LogP contribution in [0, 0.1) is 35.0 Å². The minimum atomic E-state index is 0.715. The highest BCUT2D eigenvalue weighted by molar-refractivity contribution is 5.12. The van der Waals surface area contributed by atoms with Crippen LogP contribution in [-0.2, 0) is 0 Å². The summed E-state index contributed by atoms with van der Waals surface area (Å²) in [5.41, 5.74) is 0. The quantitative estimate of drug-likeness (QED) is 0.281. The standard InChI is InChI=1S/C23H35N/c1-2-3-7-20-9-13-22(14-10-20)17-18-23-15-11-21(12-16-23)8-5-4-6-19-24/h4-6,8,17-18,20-23H,2-3,7,9-16H2,1H3/t20-,21-,22-,23-. The normalized spacial score (nSPS) is 31.8. The molecule has 0 atom stereocenters. The molecule has 2 rings (SSSR count). The molecule has 0 aliphatic heterocycles. The molecule has 1 nitrogen and oxygen atoms in total. The van der Waals surface area contributed by atoms with Gasteiger partial charge in [0.15, 0.2) is 0 Å². The van der Waals surface area contributed by atoms with E-state index >= 15 is 0 Å². The Morgan fingerprint density at radius 2 is 1.33 bits per heavy atom. The van der Waals surface area contributed by atoms with Crippen LogP contribution in [0.25, 0.3) is 0 Å². The van der Waals surface area contributed by atoms with E-state index in [0.717, 1.165) is 17.8 Å². The number of allylic oxidation sites excluding steroid dienone is 6. The number of nitriles is 1. The van der Waals surface area contributed by atoms with Gasteiger partial charge in [0, 0.05) is 6.08 Å². The Hall–Kier alpha value is -1.29. The molecular weight excluding hydrogens is 290 g/mol. The van der Waals surface area contributed by atoms with Gasteiger partial charge in [-0.1, -0.05) is 56.6 Å². The zero-order valence-electron chi connectivity index (χ0n) is 15.5. The molecular formula is C23H35N. The second-order valence-electron chi connectivity index (χ2n) is 7.86. The van der Waals surface area contributed by atoms with Crippen molar-refractivity contribution in [3.8, 4) is 6.07 Å². The van der Waals surface area contributed by atoms with Crippen molar-refractivity contribution >= 4 is 0 Å². The van der Waals surface area contributed by atoms with Crippen molar-refractivity contribution in [3.63, 3.8) is 0 Å². The number of rotatable bonds is 7. The van der Waals surface area contributed by atoms with Gasteiger partial charge in [-0.3, -0.25) is 0 Å². The third kappa shape index (κ3) is 7.08. The Balaban J connectivity index is 1.63. The average molecular weight is 326 g/mol. The van der Waals surface area contributed by atoms with Crippen molar-refractivity contribution in [2.24, 2.45) is 23.7 Å². The van der Waals surface area contributed by atoms with Crippen LogP contribution >= 0.6 is 0 Å². The third-order valence-electron chi connectivity index (χ3n) is 5.99. The SMILES string of the molecule is CCCC[C@H]1CC[C@H](C=C[C@H]2CC[C@H](C=CC=CC#N)CC2)CC1. The lowest BCUT2D eigenvalue weighted by Gasteiger charge is -2.28. The molecule has 2 aliphatic rings. The molecule has 2 saturated carbocycles. The molecule has 1 heteroatoms. The second-order valence-corrected chi connectivity index (χ2v) is 7.86. The fourth-order valence-electron chi connectivity index (χ4n) is 4.33. The van der Waals surface area contributed by atoms with Gasteiger partial charge in [0.1, 0.15) is 0 Å². The first-order valence-electron chi connectivity index (χ1n) is 10.2. The van der Waals surface area contributed by atoms with Gasteiger partial charge in [0.05, 0.1) is 6.07 Å². The van der Waals surface area contributed by atoms with Crippen LogP contribution < -0.4 is 0 Å². The molecule has 0 aromatic heterocycles. The molecule has 0 radical (unpaired) electrons. The van der Waals surface area contributed by atoms with E-state index in [1.54, 1.807) is 6.08 Å². The van der Waals surface area contributed by atoms with E-state index in [1.165, 1.54) is 70.6 Å². The zero-order chi connectivity index (χ0) is 17.0. The topological polar surface area (TPSA) is 23.8 Å². The molecule has 132 valence electrons. The van der Waals surface area contributed by atoms with Crippen LogP contribution in [0.5, 0.6) is 0 Å². The summed E-state index contributed by atoms with van der Waals surface area (Å²) in [5.74, 6) is 3.40. The van der Waals surface area contributed by atoms with E-state index in [9.17, 15) is 0 Å². The van der Waals surface area contributed by atoms with Crippen molar-refractivity contribution in [1.82, 2.24) is 0 Å². The van der Waals surface area contributed by atoms with E-state index in [1.807, 2.05) is 18.2 Å². The highest BCUT2D eigenvalue weighted by Gasteiger charge is 2.20. The molecule has 0 N–H and O–H groups in total. The lowest BCUT2D eigenvalue weighted by molar-refractivity contribution is 0.289. The van der Waals surface area contributed by atoms with Crippen molar-refractivity contribution in [2.75, 3.05) is 0 Å². The summed E-state index contributed by atoms with van der Waals surface area (Å²) in [7, 11) is 0. The van der Waals surface area contributed by atoms with Crippen molar-refractivity contribution in [2.45, 2.75) is 77.6 Å². The van der Waals surface area contributed by atoms with Crippen LogP contribution in [0.3, 0.4) is 0 Å². The summed E-state index contributed by atoms with van der Waals surface area (Å²) in [6.45, 7) is 2.31. The van der Waals surface area contributed by atoms with Gasteiger partial charge in [-0.15, -0.1) is 0 Å². The van der Waals surface area contributed by atoms with Gasteiger partial charge in [-0.25, -0.2) is 0 Å². The highest BCUT2D eigenvalue weighted by Crippen LogP contribution is 2.34. The van der Waals surface area contributed by atoms with Crippen LogP contribution in [-0.4, -0.2) is 0 Å². The minimum absolute atomic E-state index is 0.715. The van der Waals surface area contributed by atoms with E-state index in [4.69, 9.17) is 5.26 Å². The Kier molecular flexibility index (Phi) is 8.96. The van der Waals surface area contributed by atoms with Crippen LogP contribution in [0.1, 0.15) is 77.6 Å². The van der Waals surface area contributed by atoms with Gasteiger partial charge in [0.2, 0.25) is 0 Å². The number of nitrogens with zero attached hydrogens (tertiary/aromatic N) is 1. The summed E-state index contributed by atoms with van der Waals surface area (Å²) < 4.78 is 0. The summed E-state index contributed by atoms with van der Waals surface area (Å²) in [4.78, 5) is 0. The second kappa shape index (κ2) is 11.3. The van der Waals surface area contributed by atoms with Gasteiger partial charge in [0.25, 0.3) is 0 Å². The van der Waals surface area contributed by atoms with Crippen LogP contribution in [0.15, 0.2) is 36.5 Å². The molecule has 24 heavy (non-hydrogen) atoms. The maximum atomic E-state index is 8.48. The van der Waals surface area contributed by atoms with Crippen molar-refractivity contribution in [1.29, 1.82) is 5.26 Å². The van der Waals surface area contributed by atoms with Gasteiger partial charge in [-0.05, 0) is 75.0 Å². The first-order valence-corrected chi connectivity index (χ1v) is 10.2. The monoisotopic (exact) mass is 325 g/mol. The average Bonchev–Trinajstić information content (AvgIpc) is 2.64. The van der Waals surface area contributed by atoms with E-state index in [-0.39, 0.29) is 0 Å². The number of hydrogen-bond donors (Lipinski definition) is 0. The number of hydrogen-bond acceptors (Lipinski definition) is 1. The summed E-state index contributed by atoms with van der Waals surface area (Å²) in [6, 6.07) is 2.03. The zero-order valence-corrected chi connectivity index (χ0v) is 15.5. The summed E-state index contributed by atoms with van der Waals surface area (Å²) in [6.07, 6.45) is 28.1. The molecule has 0 unspecified atom stereocenters. The lowest BCUT2D eigenvalue weighted by Crippen LogP contribution is -2.14. The van der Waals surface area contributed by atoms with Gasteiger partial charge in [-0.2, -0.15) is 5.26 Å². The largest absolute Gasteiger partial charge is 0.193 e. The molecule has 0 spiro atoms. The Bertz CT molecular complexity index is 449. The van der Waals surface area contributed by atoms with E-state index in [2.05, 4.69) is 25.2 Å². The Labute approximate surface area is 149 Å². The smallest absolute Gasteiger partial charge is 0.0912 e. The molecule has 0 aromatic rings. The molecule has 2 aliphatic carbocycles. The lowest BCUT2D eigenvalue weighted by atomic mass is 9.78. The first kappa shape index (κ1) is 19.0. The predicted octanol–water partition coefficient (Wildman–Crippen LogP) is 6.98. The maximum Gasteiger partial charge on any atom is 0.0912 e. The third-order valence-corrected chi connectivity index (χ3v) is 5.99. The molecule has 0 saturated heterocycles. The summed E-state index contributed by atoms with van der Waals surface area (Å²) in [5, 5.41) is 8.48. The minimum Gasteiger partial charge on any atom is -0.193 e. The molecule has 0 bridgehead atoms. The highest BCUT2D eigenvalue weighted by atomic mass is 14.3. The molecule has 0 aromatic carbocycles. The fourth-order valence-corrected chi connectivity index (χ4v) is 4.33. The van der Waals surface area contributed by atoms with Crippen molar-refractivity contribution < 1.29 is 0 Å².